The third kappa shape index (κ3) is 4.22. The number of likely N-dealkylation sites (tertiary alicyclic amines) is 1. The van der Waals surface area contributed by atoms with E-state index >= 15 is 0 Å². The maximum absolute atomic E-state index is 12.8. The number of rotatable bonds is 5. The Kier molecular flexibility index (Phi) is 5.88. The molecule has 7 heteroatoms. The fourth-order valence-electron chi connectivity index (χ4n) is 3.07. The second-order valence-electron chi connectivity index (χ2n) is 6.61. The number of aromatic nitrogens is 1. The highest BCUT2D eigenvalue weighted by molar-refractivity contribution is 7.13. The van der Waals surface area contributed by atoms with Gasteiger partial charge in [-0.25, -0.2) is 4.98 Å². The molecule has 1 N–H and O–H groups in total. The largest absolute Gasteiger partial charge is 0.354 e. The van der Waals surface area contributed by atoms with E-state index in [4.69, 9.17) is 0 Å². The molecule has 1 aliphatic rings. The van der Waals surface area contributed by atoms with E-state index in [9.17, 15) is 9.59 Å². The number of anilines is 1. The highest BCUT2D eigenvalue weighted by atomic mass is 32.1. The predicted octanol–water partition coefficient (Wildman–Crippen LogP) is 2.52. The molecule has 3 rings (SSSR count). The smallest absolute Gasteiger partial charge is 0.254 e. The third-order valence-corrected chi connectivity index (χ3v) is 5.51. The molecule has 6 nitrogen and oxygen atoms in total. The Morgan fingerprint density at radius 3 is 2.73 bits per heavy atom. The summed E-state index contributed by atoms with van der Waals surface area (Å²) in [4.78, 5) is 33.6. The minimum atomic E-state index is -0.414. The van der Waals surface area contributed by atoms with Crippen molar-refractivity contribution in [2.75, 3.05) is 25.5 Å². The van der Waals surface area contributed by atoms with E-state index in [0.29, 0.717) is 25.1 Å². The van der Waals surface area contributed by atoms with Crippen molar-refractivity contribution < 1.29 is 9.59 Å². The lowest BCUT2D eigenvalue weighted by atomic mass is 10.00. The van der Waals surface area contributed by atoms with Crippen LogP contribution < -0.4 is 10.2 Å². The molecule has 26 heavy (non-hydrogen) atoms. The number of carbonyl (C=O) groups is 2. The molecular formula is C19H24N4O2S. The predicted molar refractivity (Wildman–Crippen MR) is 103 cm³/mol. The van der Waals surface area contributed by atoms with Gasteiger partial charge >= 0.3 is 0 Å². The van der Waals surface area contributed by atoms with Crippen LogP contribution in [0.4, 0.5) is 5.13 Å². The van der Waals surface area contributed by atoms with E-state index in [-0.39, 0.29) is 11.8 Å². The van der Waals surface area contributed by atoms with Gasteiger partial charge in [-0.3, -0.25) is 9.59 Å². The molecule has 1 aromatic carbocycles. The summed E-state index contributed by atoms with van der Waals surface area (Å²) >= 11 is 1.55. The molecule has 2 heterocycles. The number of piperidine rings is 1. The van der Waals surface area contributed by atoms with Crippen molar-refractivity contribution in [2.24, 2.45) is 0 Å². The van der Waals surface area contributed by atoms with Crippen molar-refractivity contribution in [1.82, 2.24) is 15.2 Å². The van der Waals surface area contributed by atoms with Crippen molar-refractivity contribution in [3.8, 4) is 0 Å². The number of nitrogens with zero attached hydrogens (tertiary/aromatic N) is 3. The molecule has 1 aromatic heterocycles. The first-order valence-electron chi connectivity index (χ1n) is 8.81. The van der Waals surface area contributed by atoms with Crippen LogP contribution in [0.5, 0.6) is 0 Å². The first-order chi connectivity index (χ1) is 12.6. The molecule has 0 unspecified atom stereocenters. The van der Waals surface area contributed by atoms with Gasteiger partial charge in [-0.05, 0) is 31.4 Å². The second-order valence-corrected chi connectivity index (χ2v) is 7.45. The van der Waals surface area contributed by atoms with Crippen LogP contribution in [0.15, 0.2) is 35.7 Å². The summed E-state index contributed by atoms with van der Waals surface area (Å²) in [6, 6.07) is 8.75. The van der Waals surface area contributed by atoms with Gasteiger partial charge in [-0.1, -0.05) is 18.2 Å². The number of hydrogen-bond donors (Lipinski definition) is 1. The van der Waals surface area contributed by atoms with Gasteiger partial charge in [0, 0.05) is 31.6 Å². The van der Waals surface area contributed by atoms with Gasteiger partial charge in [-0.15, -0.1) is 11.3 Å². The molecule has 2 amide bonds. The maximum Gasteiger partial charge on any atom is 0.254 e. The van der Waals surface area contributed by atoms with E-state index < -0.39 is 6.04 Å². The van der Waals surface area contributed by atoms with Gasteiger partial charge in [0.2, 0.25) is 5.91 Å². The van der Waals surface area contributed by atoms with Gasteiger partial charge in [0.05, 0.1) is 12.2 Å². The zero-order valence-corrected chi connectivity index (χ0v) is 16.0. The summed E-state index contributed by atoms with van der Waals surface area (Å²) in [6.07, 6.45) is 2.59. The molecular weight excluding hydrogens is 348 g/mol. The van der Waals surface area contributed by atoms with Crippen molar-refractivity contribution in [3.05, 3.63) is 47.0 Å². The van der Waals surface area contributed by atoms with Crippen LogP contribution in [-0.2, 0) is 11.3 Å². The number of nitrogens with one attached hydrogen (secondary N) is 1. The van der Waals surface area contributed by atoms with E-state index in [1.807, 2.05) is 42.6 Å². The Bertz CT molecular complexity index is 760. The zero-order chi connectivity index (χ0) is 18.5. The Hall–Kier alpha value is -2.41. The standard InChI is InChI=1S/C19H24N4O2S/c1-22(2)19-21-15(13-26-19)12-20-17(24)16-10-6-7-11-23(16)18(25)14-8-4-3-5-9-14/h3-5,8-9,13,16H,6-7,10-12H2,1-2H3,(H,20,24)/t16-/m1/s1. The highest BCUT2D eigenvalue weighted by Crippen LogP contribution is 2.21. The number of carbonyl (C=O) groups excluding carboxylic acids is 2. The Balaban J connectivity index is 1.64. The van der Waals surface area contributed by atoms with Crippen LogP contribution in [0.25, 0.3) is 0 Å². The summed E-state index contributed by atoms with van der Waals surface area (Å²) in [7, 11) is 3.88. The summed E-state index contributed by atoms with van der Waals surface area (Å²) in [5, 5.41) is 5.81. The average molecular weight is 372 g/mol. The lowest BCUT2D eigenvalue weighted by Gasteiger charge is -2.34. The minimum absolute atomic E-state index is 0.0750. The monoisotopic (exact) mass is 372 g/mol. The SMILES string of the molecule is CN(C)c1nc(CNC(=O)[C@H]2CCCCN2C(=O)c2ccccc2)cs1. The Morgan fingerprint density at radius 1 is 1.27 bits per heavy atom. The molecule has 1 fully saturated rings. The lowest BCUT2D eigenvalue weighted by molar-refractivity contribution is -0.126. The molecule has 1 saturated heterocycles. The molecule has 1 aliphatic heterocycles. The molecule has 0 bridgehead atoms. The zero-order valence-electron chi connectivity index (χ0n) is 15.1. The quantitative estimate of drug-likeness (QED) is 0.876. The fourth-order valence-corrected chi connectivity index (χ4v) is 3.83. The van der Waals surface area contributed by atoms with E-state index in [2.05, 4.69) is 10.3 Å². The van der Waals surface area contributed by atoms with E-state index in [1.54, 1.807) is 28.4 Å². The normalized spacial score (nSPS) is 17.0. The van der Waals surface area contributed by atoms with Crippen molar-refractivity contribution in [2.45, 2.75) is 31.8 Å². The van der Waals surface area contributed by atoms with Crippen LogP contribution >= 0.6 is 11.3 Å². The Morgan fingerprint density at radius 2 is 2.04 bits per heavy atom. The summed E-state index contributed by atoms with van der Waals surface area (Å²) in [6.45, 7) is 1.00. The van der Waals surface area contributed by atoms with Crippen molar-refractivity contribution in [1.29, 1.82) is 0 Å². The number of benzene rings is 1. The molecule has 138 valence electrons. The van der Waals surface area contributed by atoms with Gasteiger partial charge < -0.3 is 15.1 Å². The molecule has 1 atom stereocenters. The molecule has 0 spiro atoms. The fraction of sp³-hybridized carbons (Fsp3) is 0.421. The molecule has 0 saturated carbocycles. The first-order valence-corrected chi connectivity index (χ1v) is 9.69. The summed E-state index contributed by atoms with van der Waals surface area (Å²) in [5.41, 5.74) is 1.46. The van der Waals surface area contributed by atoms with Gasteiger partial charge in [0.1, 0.15) is 6.04 Å². The second kappa shape index (κ2) is 8.31. The molecule has 0 radical (unpaired) electrons. The number of amides is 2. The van der Waals surface area contributed by atoms with Gasteiger partial charge in [0.15, 0.2) is 5.13 Å². The van der Waals surface area contributed by atoms with Gasteiger partial charge in [-0.2, -0.15) is 0 Å². The van der Waals surface area contributed by atoms with Crippen molar-refractivity contribution in [3.63, 3.8) is 0 Å². The van der Waals surface area contributed by atoms with Crippen LogP contribution in [0.2, 0.25) is 0 Å². The first kappa shape index (κ1) is 18.4. The molecule has 0 aliphatic carbocycles. The molecule has 2 aromatic rings. The van der Waals surface area contributed by atoms with Crippen LogP contribution in [0.1, 0.15) is 35.3 Å². The van der Waals surface area contributed by atoms with Gasteiger partial charge in [0.25, 0.3) is 5.91 Å². The van der Waals surface area contributed by atoms with Crippen LogP contribution in [0.3, 0.4) is 0 Å². The number of hydrogen-bond acceptors (Lipinski definition) is 5. The van der Waals surface area contributed by atoms with E-state index in [0.717, 1.165) is 23.7 Å². The minimum Gasteiger partial charge on any atom is -0.354 e. The lowest BCUT2D eigenvalue weighted by Crippen LogP contribution is -2.51. The van der Waals surface area contributed by atoms with E-state index in [1.165, 1.54) is 0 Å². The highest BCUT2D eigenvalue weighted by Gasteiger charge is 2.32. The van der Waals surface area contributed by atoms with Crippen LogP contribution in [-0.4, -0.2) is 48.4 Å². The number of thiazole rings is 1. The Labute approximate surface area is 157 Å². The third-order valence-electron chi connectivity index (χ3n) is 4.45. The average Bonchev–Trinajstić information content (AvgIpc) is 3.15. The maximum atomic E-state index is 12.8. The van der Waals surface area contributed by atoms with Crippen LogP contribution in [0, 0.1) is 0 Å². The van der Waals surface area contributed by atoms with Crippen molar-refractivity contribution >= 4 is 28.3 Å². The summed E-state index contributed by atoms with van der Waals surface area (Å²) < 4.78 is 0. The topological polar surface area (TPSA) is 65.5 Å². The summed E-state index contributed by atoms with van der Waals surface area (Å²) in [5.74, 6) is -0.178.